The van der Waals surface area contributed by atoms with E-state index in [1.54, 1.807) is 6.92 Å². The van der Waals surface area contributed by atoms with Gasteiger partial charge in [-0.1, -0.05) is 0 Å². The second-order valence-corrected chi connectivity index (χ2v) is 4.35. The molecule has 5 nitrogen and oxygen atoms in total. The Morgan fingerprint density at radius 2 is 2.19 bits per heavy atom. The van der Waals surface area contributed by atoms with Crippen molar-refractivity contribution in [2.24, 2.45) is 5.73 Å². The Morgan fingerprint density at radius 1 is 1.50 bits per heavy atom. The highest BCUT2D eigenvalue weighted by atomic mass is 16.3. The summed E-state index contributed by atoms with van der Waals surface area (Å²) >= 11 is 0. The number of hydrogen-bond donors (Lipinski definition) is 2. The van der Waals surface area contributed by atoms with Gasteiger partial charge in [-0.2, -0.15) is 0 Å². The van der Waals surface area contributed by atoms with Crippen LogP contribution in [0.4, 0.5) is 0 Å². The van der Waals surface area contributed by atoms with E-state index in [2.05, 4.69) is 10.3 Å². The molecular weight excluding hydrogens is 206 g/mol. The number of carbonyl (C=O) groups excluding carboxylic acids is 1. The van der Waals surface area contributed by atoms with Crippen LogP contribution in [0.25, 0.3) is 0 Å². The van der Waals surface area contributed by atoms with Gasteiger partial charge in [0.05, 0.1) is 5.69 Å². The summed E-state index contributed by atoms with van der Waals surface area (Å²) < 4.78 is 5.04. The van der Waals surface area contributed by atoms with E-state index in [0.717, 1.165) is 25.7 Å². The van der Waals surface area contributed by atoms with Gasteiger partial charge in [0.15, 0.2) is 6.39 Å². The minimum atomic E-state index is -0.171. The zero-order valence-electron chi connectivity index (χ0n) is 9.40. The molecule has 1 amide bonds. The molecule has 0 radical (unpaired) electrons. The second-order valence-electron chi connectivity index (χ2n) is 4.35. The van der Waals surface area contributed by atoms with Crippen LogP contribution in [0, 0.1) is 6.92 Å². The number of aromatic nitrogens is 1. The van der Waals surface area contributed by atoms with Crippen LogP contribution in [-0.4, -0.2) is 23.0 Å². The molecule has 0 aromatic carbocycles. The molecule has 0 atom stereocenters. The van der Waals surface area contributed by atoms with Gasteiger partial charge in [0.25, 0.3) is 5.91 Å². The topological polar surface area (TPSA) is 81.2 Å². The fourth-order valence-corrected chi connectivity index (χ4v) is 2.03. The Labute approximate surface area is 94.4 Å². The maximum atomic E-state index is 11.8. The maximum absolute atomic E-state index is 11.8. The Balaban J connectivity index is 1.91. The molecule has 1 saturated carbocycles. The van der Waals surface area contributed by atoms with E-state index in [-0.39, 0.29) is 11.9 Å². The SMILES string of the molecule is Cc1ncoc1C(=O)NC1CCC(N)CC1. The van der Waals surface area contributed by atoms with Crippen molar-refractivity contribution in [3.05, 3.63) is 17.8 Å². The van der Waals surface area contributed by atoms with Crippen LogP contribution in [0.1, 0.15) is 41.9 Å². The molecule has 0 aliphatic heterocycles. The van der Waals surface area contributed by atoms with Crippen LogP contribution >= 0.6 is 0 Å². The lowest BCUT2D eigenvalue weighted by Gasteiger charge is -2.26. The van der Waals surface area contributed by atoms with Gasteiger partial charge in [-0.3, -0.25) is 4.79 Å². The molecule has 1 fully saturated rings. The van der Waals surface area contributed by atoms with Gasteiger partial charge in [0.1, 0.15) is 0 Å². The molecule has 88 valence electrons. The highest BCUT2D eigenvalue weighted by Crippen LogP contribution is 2.17. The molecule has 1 aliphatic carbocycles. The van der Waals surface area contributed by atoms with Gasteiger partial charge in [-0.05, 0) is 32.6 Å². The molecule has 1 aliphatic rings. The van der Waals surface area contributed by atoms with Crippen molar-refractivity contribution < 1.29 is 9.21 Å². The molecule has 0 unspecified atom stereocenters. The normalized spacial score (nSPS) is 25.4. The average molecular weight is 223 g/mol. The lowest BCUT2D eigenvalue weighted by molar-refractivity contribution is 0.0897. The first kappa shape index (κ1) is 11.1. The second kappa shape index (κ2) is 4.65. The molecular formula is C11H17N3O2. The van der Waals surface area contributed by atoms with E-state index < -0.39 is 0 Å². The van der Waals surface area contributed by atoms with Crippen LogP contribution in [0.3, 0.4) is 0 Å². The van der Waals surface area contributed by atoms with Crippen LogP contribution < -0.4 is 11.1 Å². The van der Waals surface area contributed by atoms with Gasteiger partial charge in [0, 0.05) is 12.1 Å². The number of nitrogens with zero attached hydrogens (tertiary/aromatic N) is 1. The zero-order valence-corrected chi connectivity index (χ0v) is 9.40. The molecule has 3 N–H and O–H groups in total. The molecule has 0 bridgehead atoms. The minimum absolute atomic E-state index is 0.171. The lowest BCUT2D eigenvalue weighted by atomic mass is 9.92. The van der Waals surface area contributed by atoms with E-state index in [1.807, 2.05) is 0 Å². The monoisotopic (exact) mass is 223 g/mol. The predicted octanol–water partition coefficient (Wildman–Crippen LogP) is 0.983. The first-order chi connectivity index (χ1) is 7.66. The van der Waals surface area contributed by atoms with Crippen molar-refractivity contribution in [3.8, 4) is 0 Å². The molecule has 0 spiro atoms. The van der Waals surface area contributed by atoms with Crippen molar-refractivity contribution >= 4 is 5.91 Å². The number of amides is 1. The first-order valence-corrected chi connectivity index (χ1v) is 5.63. The summed E-state index contributed by atoms with van der Waals surface area (Å²) in [6, 6.07) is 0.511. The summed E-state index contributed by atoms with van der Waals surface area (Å²) in [5.41, 5.74) is 6.43. The molecule has 5 heteroatoms. The molecule has 16 heavy (non-hydrogen) atoms. The molecule has 2 rings (SSSR count). The Morgan fingerprint density at radius 3 is 2.75 bits per heavy atom. The van der Waals surface area contributed by atoms with E-state index in [9.17, 15) is 4.79 Å². The number of oxazole rings is 1. The first-order valence-electron chi connectivity index (χ1n) is 5.63. The molecule has 1 aromatic heterocycles. The smallest absolute Gasteiger partial charge is 0.289 e. The molecule has 1 aromatic rings. The summed E-state index contributed by atoms with van der Waals surface area (Å²) in [4.78, 5) is 15.7. The van der Waals surface area contributed by atoms with Crippen LogP contribution in [0.2, 0.25) is 0 Å². The van der Waals surface area contributed by atoms with Crippen LogP contribution in [-0.2, 0) is 0 Å². The van der Waals surface area contributed by atoms with Gasteiger partial charge < -0.3 is 15.5 Å². The number of hydrogen-bond acceptors (Lipinski definition) is 4. The van der Waals surface area contributed by atoms with Crippen molar-refractivity contribution in [1.82, 2.24) is 10.3 Å². The largest absolute Gasteiger partial charge is 0.438 e. The third-order valence-corrected chi connectivity index (χ3v) is 3.06. The number of nitrogens with one attached hydrogen (secondary N) is 1. The zero-order chi connectivity index (χ0) is 11.5. The van der Waals surface area contributed by atoms with E-state index in [1.165, 1.54) is 6.39 Å². The van der Waals surface area contributed by atoms with Crippen molar-refractivity contribution in [1.29, 1.82) is 0 Å². The highest BCUT2D eigenvalue weighted by Gasteiger charge is 2.22. The number of aryl methyl sites for hydroxylation is 1. The third-order valence-electron chi connectivity index (χ3n) is 3.06. The summed E-state index contributed by atoms with van der Waals surface area (Å²) in [6.45, 7) is 1.76. The number of rotatable bonds is 2. The fourth-order valence-electron chi connectivity index (χ4n) is 2.03. The van der Waals surface area contributed by atoms with Gasteiger partial charge in [-0.25, -0.2) is 4.98 Å². The molecule has 0 saturated heterocycles. The lowest BCUT2D eigenvalue weighted by Crippen LogP contribution is -2.40. The third kappa shape index (κ3) is 2.41. The highest BCUT2D eigenvalue weighted by molar-refractivity contribution is 5.92. The quantitative estimate of drug-likeness (QED) is 0.783. The van der Waals surface area contributed by atoms with Crippen molar-refractivity contribution in [2.45, 2.75) is 44.7 Å². The Hall–Kier alpha value is -1.36. The van der Waals surface area contributed by atoms with Crippen molar-refractivity contribution in [3.63, 3.8) is 0 Å². The molecule has 1 heterocycles. The summed E-state index contributed by atoms with van der Waals surface area (Å²) in [5, 5.41) is 2.95. The van der Waals surface area contributed by atoms with E-state index in [4.69, 9.17) is 10.2 Å². The van der Waals surface area contributed by atoms with Gasteiger partial charge in [-0.15, -0.1) is 0 Å². The Kier molecular flexibility index (Phi) is 3.24. The van der Waals surface area contributed by atoms with E-state index >= 15 is 0 Å². The Bertz CT molecular complexity index is 367. The van der Waals surface area contributed by atoms with E-state index in [0.29, 0.717) is 17.5 Å². The number of nitrogens with two attached hydrogens (primary N) is 1. The number of carbonyl (C=O) groups is 1. The van der Waals surface area contributed by atoms with Crippen LogP contribution in [0.5, 0.6) is 0 Å². The summed E-state index contributed by atoms with van der Waals surface area (Å²) in [7, 11) is 0. The summed E-state index contributed by atoms with van der Waals surface area (Å²) in [5.74, 6) is 0.144. The van der Waals surface area contributed by atoms with Crippen LogP contribution in [0.15, 0.2) is 10.8 Å². The minimum Gasteiger partial charge on any atom is -0.438 e. The standard InChI is InChI=1S/C11H17N3O2/c1-7-10(16-6-13-7)11(15)14-9-4-2-8(12)3-5-9/h6,8-9H,2-5,12H2,1H3,(H,14,15). The van der Waals surface area contributed by atoms with Gasteiger partial charge in [0.2, 0.25) is 5.76 Å². The summed E-state index contributed by atoms with van der Waals surface area (Å²) in [6.07, 6.45) is 5.13. The van der Waals surface area contributed by atoms with Gasteiger partial charge >= 0.3 is 0 Å². The maximum Gasteiger partial charge on any atom is 0.289 e. The predicted molar refractivity (Wildman–Crippen MR) is 58.9 cm³/mol. The average Bonchev–Trinajstić information content (AvgIpc) is 2.68. The van der Waals surface area contributed by atoms with Crippen molar-refractivity contribution in [2.75, 3.05) is 0 Å². The fraction of sp³-hybridized carbons (Fsp3) is 0.636.